The van der Waals surface area contributed by atoms with E-state index in [-0.39, 0.29) is 22.5 Å². The number of anilines is 1. The molecule has 25 heavy (non-hydrogen) atoms. The second kappa shape index (κ2) is 7.09. The molecule has 0 saturated heterocycles. The topological polar surface area (TPSA) is 105 Å². The third-order valence-corrected chi connectivity index (χ3v) is 3.54. The minimum atomic E-state index is -4.55. The van der Waals surface area contributed by atoms with Gasteiger partial charge in [-0.1, -0.05) is 24.0 Å². The molecule has 1 aromatic carbocycles. The molecule has 2 rings (SSSR count). The fraction of sp³-hybridized carbons (Fsp3) is 0.308. The van der Waals surface area contributed by atoms with Gasteiger partial charge >= 0.3 is 18.2 Å². The Morgan fingerprint density at radius 2 is 2.16 bits per heavy atom. The number of ether oxygens (including phenoxy) is 1. The van der Waals surface area contributed by atoms with E-state index in [1.807, 2.05) is 0 Å². The van der Waals surface area contributed by atoms with Gasteiger partial charge in [0.15, 0.2) is 18.0 Å². The molecule has 2 N–H and O–H groups in total. The van der Waals surface area contributed by atoms with Crippen molar-refractivity contribution >= 4 is 41.6 Å². The van der Waals surface area contributed by atoms with Gasteiger partial charge in [0.05, 0.1) is 0 Å². The van der Waals surface area contributed by atoms with Crippen LogP contribution in [0.25, 0.3) is 11.0 Å². The van der Waals surface area contributed by atoms with Crippen LogP contribution in [0.1, 0.15) is 6.92 Å². The number of carboxylic acids is 1. The lowest BCUT2D eigenvalue weighted by Gasteiger charge is -2.19. The summed E-state index contributed by atoms with van der Waals surface area (Å²) in [5, 5.41) is 14.6. The van der Waals surface area contributed by atoms with Crippen molar-refractivity contribution in [1.82, 2.24) is 9.46 Å². The summed E-state index contributed by atoms with van der Waals surface area (Å²) in [6.45, 7) is -0.326. The van der Waals surface area contributed by atoms with Gasteiger partial charge in [-0.15, -0.1) is 0 Å². The number of nitrogens with zero attached hydrogens (tertiary/aromatic N) is 2. The number of urea groups is 1. The second-order valence-corrected chi connectivity index (χ2v) is 5.28. The molecule has 0 aliphatic rings. The summed E-state index contributed by atoms with van der Waals surface area (Å²) in [5.74, 6) is -1.73. The van der Waals surface area contributed by atoms with E-state index in [1.54, 1.807) is 0 Å². The minimum Gasteiger partial charge on any atom is -0.483 e. The van der Waals surface area contributed by atoms with Crippen LogP contribution in [0.4, 0.5) is 23.8 Å². The molecule has 8 nitrogen and oxygen atoms in total. The predicted octanol–water partition coefficient (Wildman–Crippen LogP) is 2.92. The standard InChI is InChI=1S/C13H12F3N3O5S/c1-6(11(20)21)19(25)12(22)17-10-9-7(23-5-13(14,15)16)3-2-4-8(9)24-18-10/h2-4,6,25H,5H2,1H3,(H,20,21)(H,17,18,22). The number of benzene rings is 1. The Labute approximate surface area is 144 Å². The second-order valence-electron chi connectivity index (χ2n) is 4.85. The van der Waals surface area contributed by atoms with Crippen molar-refractivity contribution in [3.05, 3.63) is 18.2 Å². The largest absolute Gasteiger partial charge is 0.483 e. The van der Waals surface area contributed by atoms with Gasteiger partial charge in [0, 0.05) is 0 Å². The number of fused-ring (bicyclic) bond motifs is 1. The van der Waals surface area contributed by atoms with Gasteiger partial charge in [-0.3, -0.25) is 9.62 Å². The van der Waals surface area contributed by atoms with Crippen LogP contribution < -0.4 is 10.1 Å². The predicted molar refractivity (Wildman–Crippen MR) is 82.5 cm³/mol. The molecule has 0 aliphatic carbocycles. The van der Waals surface area contributed by atoms with Crippen molar-refractivity contribution in [3.8, 4) is 5.75 Å². The number of halogens is 3. The van der Waals surface area contributed by atoms with E-state index in [4.69, 9.17) is 14.4 Å². The number of thiol groups is 1. The fourth-order valence-electron chi connectivity index (χ4n) is 1.77. The van der Waals surface area contributed by atoms with Crippen molar-refractivity contribution in [2.45, 2.75) is 19.1 Å². The number of amides is 2. The number of hydrogen-bond donors (Lipinski definition) is 3. The zero-order valence-corrected chi connectivity index (χ0v) is 13.5. The summed E-state index contributed by atoms with van der Waals surface area (Å²) in [4.78, 5) is 22.9. The normalized spacial score (nSPS) is 12.7. The maximum Gasteiger partial charge on any atom is 0.422 e. The van der Waals surface area contributed by atoms with E-state index < -0.39 is 30.8 Å². The van der Waals surface area contributed by atoms with Crippen molar-refractivity contribution in [1.29, 1.82) is 0 Å². The van der Waals surface area contributed by atoms with E-state index in [1.165, 1.54) is 25.1 Å². The Hall–Kier alpha value is -2.63. The Morgan fingerprint density at radius 1 is 1.48 bits per heavy atom. The molecule has 0 bridgehead atoms. The SMILES string of the molecule is CC(C(=O)O)N(S)C(=O)Nc1noc2cccc(OCC(F)(F)F)c12. The minimum absolute atomic E-state index is 0.00445. The van der Waals surface area contributed by atoms with E-state index >= 15 is 0 Å². The van der Waals surface area contributed by atoms with Gasteiger partial charge in [-0.25, -0.2) is 9.59 Å². The van der Waals surface area contributed by atoms with E-state index in [2.05, 4.69) is 23.3 Å². The lowest BCUT2D eigenvalue weighted by molar-refractivity contribution is -0.153. The van der Waals surface area contributed by atoms with Crippen molar-refractivity contribution < 1.29 is 37.1 Å². The van der Waals surface area contributed by atoms with Crippen LogP contribution in [0.2, 0.25) is 0 Å². The molecule has 136 valence electrons. The highest BCUT2D eigenvalue weighted by atomic mass is 32.1. The third kappa shape index (κ3) is 4.47. The molecule has 0 spiro atoms. The molecule has 2 aromatic rings. The number of hydrogen-bond acceptors (Lipinski definition) is 6. The highest BCUT2D eigenvalue weighted by Crippen LogP contribution is 2.33. The van der Waals surface area contributed by atoms with Crippen LogP contribution in [0.15, 0.2) is 22.7 Å². The first-order valence-corrected chi connectivity index (χ1v) is 7.10. The van der Waals surface area contributed by atoms with Crippen molar-refractivity contribution in [3.63, 3.8) is 0 Å². The first-order valence-electron chi connectivity index (χ1n) is 6.70. The first-order chi connectivity index (χ1) is 11.6. The summed E-state index contributed by atoms with van der Waals surface area (Å²) in [5.41, 5.74) is 0.0759. The quantitative estimate of drug-likeness (QED) is 0.690. The molecule has 1 aromatic heterocycles. The third-order valence-electron chi connectivity index (χ3n) is 3.01. The number of aliphatic carboxylic acids is 1. The summed E-state index contributed by atoms with van der Waals surface area (Å²) >= 11 is 3.77. The lowest BCUT2D eigenvalue weighted by atomic mass is 10.2. The fourth-order valence-corrected chi connectivity index (χ4v) is 1.91. The monoisotopic (exact) mass is 379 g/mol. The van der Waals surface area contributed by atoms with Crippen LogP contribution in [0, 0.1) is 0 Å². The Kier molecular flexibility index (Phi) is 5.30. The van der Waals surface area contributed by atoms with Gasteiger partial charge in [0.1, 0.15) is 17.2 Å². The number of carboxylic acid groups (broad SMARTS) is 1. The molecule has 0 saturated carbocycles. The van der Waals surface area contributed by atoms with E-state index in [0.717, 1.165) is 0 Å². The zero-order chi connectivity index (χ0) is 18.8. The van der Waals surface area contributed by atoms with Crippen LogP contribution in [0.5, 0.6) is 5.75 Å². The van der Waals surface area contributed by atoms with Crippen LogP contribution in [-0.4, -0.2) is 45.4 Å². The molecule has 1 atom stereocenters. The van der Waals surface area contributed by atoms with Gasteiger partial charge in [0.25, 0.3) is 0 Å². The molecule has 12 heteroatoms. The van der Waals surface area contributed by atoms with Crippen LogP contribution in [0.3, 0.4) is 0 Å². The van der Waals surface area contributed by atoms with Crippen molar-refractivity contribution in [2.75, 3.05) is 11.9 Å². The van der Waals surface area contributed by atoms with E-state index in [9.17, 15) is 22.8 Å². The maximum absolute atomic E-state index is 12.3. The molecule has 1 unspecified atom stereocenters. The Morgan fingerprint density at radius 3 is 2.76 bits per heavy atom. The zero-order valence-electron chi connectivity index (χ0n) is 12.6. The van der Waals surface area contributed by atoms with Crippen molar-refractivity contribution in [2.24, 2.45) is 0 Å². The van der Waals surface area contributed by atoms with Gasteiger partial charge in [-0.2, -0.15) is 13.2 Å². The molecule has 0 fully saturated rings. The summed E-state index contributed by atoms with van der Waals surface area (Å²) in [6.07, 6.45) is -4.55. The highest BCUT2D eigenvalue weighted by Gasteiger charge is 2.30. The molecular weight excluding hydrogens is 367 g/mol. The maximum atomic E-state index is 12.3. The smallest absolute Gasteiger partial charge is 0.422 e. The highest BCUT2D eigenvalue weighted by molar-refractivity contribution is 7.78. The summed E-state index contributed by atoms with van der Waals surface area (Å²) in [7, 11) is 0. The van der Waals surface area contributed by atoms with Gasteiger partial charge < -0.3 is 14.4 Å². The summed E-state index contributed by atoms with van der Waals surface area (Å²) < 4.78 is 47.2. The lowest BCUT2D eigenvalue weighted by Crippen LogP contribution is -2.39. The van der Waals surface area contributed by atoms with Crippen LogP contribution >= 0.6 is 12.8 Å². The van der Waals surface area contributed by atoms with Crippen LogP contribution in [-0.2, 0) is 4.79 Å². The van der Waals surface area contributed by atoms with Gasteiger partial charge in [-0.05, 0) is 19.1 Å². The Balaban J connectivity index is 2.27. The first kappa shape index (κ1) is 18.7. The number of nitrogens with one attached hydrogen (secondary N) is 1. The number of carbonyl (C=O) groups is 2. The molecule has 2 amide bonds. The number of alkyl halides is 3. The van der Waals surface area contributed by atoms with Gasteiger partial charge in [0.2, 0.25) is 0 Å². The number of carbonyl (C=O) groups excluding carboxylic acids is 1. The molecule has 0 radical (unpaired) electrons. The number of rotatable bonds is 5. The average Bonchev–Trinajstić information content (AvgIpc) is 2.94. The summed E-state index contributed by atoms with van der Waals surface area (Å²) in [6, 6.07) is 1.83. The molecule has 1 heterocycles. The Bertz CT molecular complexity index is 795. The molecule has 0 aliphatic heterocycles. The molecular formula is C13H12F3N3O5S. The van der Waals surface area contributed by atoms with E-state index in [0.29, 0.717) is 4.31 Å². The number of aromatic nitrogens is 1. The average molecular weight is 379 g/mol.